The number of carbonyl (C=O) groups is 6. The Morgan fingerprint density at radius 2 is 1.55 bits per heavy atom. The zero-order valence-electron chi connectivity index (χ0n) is 32.3. The van der Waals surface area contributed by atoms with Crippen molar-refractivity contribution in [3.8, 4) is 28.7 Å². The number of ether oxygens (including phenoxy) is 2. The van der Waals surface area contributed by atoms with E-state index in [0.29, 0.717) is 46.6 Å². The van der Waals surface area contributed by atoms with Gasteiger partial charge in [-0.1, -0.05) is 25.5 Å². The molecule has 4 bridgehead atoms. The Kier molecular flexibility index (Phi) is 17.5. The fourth-order valence-electron chi connectivity index (χ4n) is 6.20. The topological polar surface area (TPSA) is 286 Å². The second-order valence-electron chi connectivity index (χ2n) is 13.3. The molecule has 0 spiro atoms. The molecule has 0 saturated carbocycles. The molecule has 3 rings (SSSR count). The third kappa shape index (κ3) is 12.1. The van der Waals surface area contributed by atoms with Crippen LogP contribution in [0.15, 0.2) is 36.4 Å². The highest BCUT2D eigenvalue weighted by atomic mass is 16.5. The van der Waals surface area contributed by atoms with E-state index in [0.717, 1.165) is 4.90 Å². The zero-order chi connectivity index (χ0) is 41.4. The van der Waals surface area contributed by atoms with Crippen molar-refractivity contribution in [1.29, 1.82) is 5.26 Å². The number of benzene rings is 2. The van der Waals surface area contributed by atoms with Gasteiger partial charge in [-0.05, 0) is 61.7 Å². The fraction of sp³-hybridized carbons (Fsp3) is 0.500. The zero-order valence-corrected chi connectivity index (χ0v) is 32.3. The Bertz CT molecular complexity index is 1770. The van der Waals surface area contributed by atoms with Crippen molar-refractivity contribution in [2.24, 2.45) is 17.2 Å². The molecule has 2 aromatic carbocycles. The molecule has 0 radical (unpaired) electrons. The van der Waals surface area contributed by atoms with Crippen molar-refractivity contribution in [2.75, 3.05) is 46.4 Å². The largest absolute Gasteiger partial charge is 0.492 e. The molecule has 0 fully saturated rings. The fourth-order valence-corrected chi connectivity index (χ4v) is 6.20. The van der Waals surface area contributed by atoms with Crippen molar-refractivity contribution in [2.45, 2.75) is 76.7 Å². The Morgan fingerprint density at radius 3 is 2.14 bits per heavy atom. The van der Waals surface area contributed by atoms with Gasteiger partial charge in [0.25, 0.3) is 0 Å². The lowest BCUT2D eigenvalue weighted by atomic mass is 9.93. The van der Waals surface area contributed by atoms with E-state index >= 15 is 0 Å². The minimum Gasteiger partial charge on any atom is -0.492 e. The third-order valence-electron chi connectivity index (χ3n) is 8.90. The van der Waals surface area contributed by atoms with Gasteiger partial charge in [-0.2, -0.15) is 5.26 Å². The second kappa shape index (κ2) is 21.9. The number of hydrogen-bond acceptors (Lipinski definition) is 12. The predicted molar refractivity (Wildman–Crippen MR) is 206 cm³/mol. The van der Waals surface area contributed by atoms with Gasteiger partial charge in [-0.3, -0.25) is 28.8 Å². The first-order valence-corrected chi connectivity index (χ1v) is 18.5. The Hall–Kier alpha value is -5.77. The van der Waals surface area contributed by atoms with E-state index in [4.69, 9.17) is 31.9 Å². The first-order chi connectivity index (χ1) is 26.8. The standard InChI is InChI=1S/C38H54N10O8/c1-5-6-28(45-23(3)49)36(52)46-29(11-12-39)38(54)48(4)33-25-8-10-32(56-18-15-42)27(21-25)26-19-24(7-9-31(26)55-17-14-41)20-30(35(51)43-16-13-40)47-34(50)22(2)44-37(33)53/h7-10,19,21-22,28-30,33H,5-6,11-12,14-18,20,39,41-42H2,1-4H3,(H,43,51)(H,44,53)(H,45,49)(H,46,52)(H,47,50)/t22-,28-,29-,30-,33-/m0/s1. The summed E-state index contributed by atoms with van der Waals surface area (Å²) in [5, 5.41) is 22.2. The van der Waals surface area contributed by atoms with Crippen LogP contribution in [0.25, 0.3) is 11.1 Å². The highest BCUT2D eigenvalue weighted by molar-refractivity contribution is 5.97. The summed E-state index contributed by atoms with van der Waals surface area (Å²) in [5.74, 6) is -3.02. The highest BCUT2D eigenvalue weighted by Crippen LogP contribution is 2.40. The van der Waals surface area contributed by atoms with E-state index in [9.17, 15) is 28.8 Å². The minimum absolute atomic E-state index is 0.000465. The maximum absolute atomic E-state index is 14.4. The van der Waals surface area contributed by atoms with Crippen molar-refractivity contribution in [3.63, 3.8) is 0 Å². The molecule has 5 atom stereocenters. The molecule has 1 aliphatic heterocycles. The number of nitrogens with zero attached hydrogens (tertiary/aromatic N) is 2. The number of nitrogens with two attached hydrogens (primary N) is 3. The smallest absolute Gasteiger partial charge is 0.248 e. The second-order valence-corrected chi connectivity index (χ2v) is 13.3. The summed E-state index contributed by atoms with van der Waals surface area (Å²) >= 11 is 0. The van der Waals surface area contributed by atoms with E-state index in [2.05, 4.69) is 26.6 Å². The number of nitrogens with one attached hydrogen (secondary N) is 5. The van der Waals surface area contributed by atoms with Gasteiger partial charge in [0.05, 0.1) is 6.07 Å². The van der Waals surface area contributed by atoms with E-state index in [1.807, 2.05) is 13.0 Å². The summed E-state index contributed by atoms with van der Waals surface area (Å²) in [7, 11) is 1.39. The molecule has 18 heteroatoms. The molecule has 304 valence electrons. The lowest BCUT2D eigenvalue weighted by molar-refractivity contribution is -0.143. The number of fused-ring (bicyclic) bond motifs is 5. The molecule has 18 nitrogen and oxygen atoms in total. The maximum Gasteiger partial charge on any atom is 0.248 e. The Morgan fingerprint density at radius 1 is 0.911 bits per heavy atom. The highest BCUT2D eigenvalue weighted by Gasteiger charge is 2.36. The lowest BCUT2D eigenvalue weighted by Crippen LogP contribution is -2.57. The van der Waals surface area contributed by atoms with Gasteiger partial charge in [0, 0.05) is 44.6 Å². The van der Waals surface area contributed by atoms with Crippen LogP contribution in [0.4, 0.5) is 0 Å². The molecular weight excluding hydrogens is 724 g/mol. The number of carbonyl (C=O) groups excluding carboxylic acids is 6. The van der Waals surface area contributed by atoms with Crippen LogP contribution in [0.3, 0.4) is 0 Å². The van der Waals surface area contributed by atoms with Crippen molar-refractivity contribution in [3.05, 3.63) is 47.5 Å². The molecule has 0 aromatic heterocycles. The normalized spacial score (nSPS) is 17.7. The van der Waals surface area contributed by atoms with Crippen LogP contribution >= 0.6 is 0 Å². The van der Waals surface area contributed by atoms with E-state index in [-0.39, 0.29) is 52.2 Å². The minimum atomic E-state index is -1.40. The van der Waals surface area contributed by atoms with Crippen LogP contribution in [-0.2, 0) is 35.2 Å². The van der Waals surface area contributed by atoms with Crippen LogP contribution in [0.1, 0.15) is 57.2 Å². The number of likely N-dealkylation sites (N-methyl/N-ethyl adjacent to an activating group) is 1. The predicted octanol–water partition coefficient (Wildman–Crippen LogP) is -1.15. The summed E-state index contributed by atoms with van der Waals surface area (Å²) in [5.41, 5.74) is 19.3. The molecule has 0 unspecified atom stereocenters. The third-order valence-corrected chi connectivity index (χ3v) is 8.90. The Labute approximate surface area is 326 Å². The van der Waals surface area contributed by atoms with Crippen molar-refractivity contribution < 1.29 is 38.2 Å². The first-order valence-electron chi connectivity index (χ1n) is 18.5. The van der Waals surface area contributed by atoms with E-state index in [1.165, 1.54) is 20.9 Å². The molecule has 0 saturated heterocycles. The van der Waals surface area contributed by atoms with Crippen LogP contribution < -0.4 is 53.3 Å². The average molecular weight is 779 g/mol. The SMILES string of the molecule is CCC[C@H](NC(C)=O)C(=O)N[C@@H](CCN)C(=O)N(C)[C@@H]1C(=O)N[C@@H](C)C(=O)N[C@H](C(=O)NCC#N)Cc2ccc(OCCN)c(c2)-c2cc1ccc2OCCN. The van der Waals surface area contributed by atoms with Crippen LogP contribution in [-0.4, -0.2) is 111 Å². The first kappa shape index (κ1) is 44.6. The molecule has 0 aliphatic carbocycles. The van der Waals surface area contributed by atoms with Gasteiger partial charge >= 0.3 is 0 Å². The van der Waals surface area contributed by atoms with Crippen molar-refractivity contribution in [1.82, 2.24) is 31.5 Å². The molecule has 11 N–H and O–H groups in total. The monoisotopic (exact) mass is 778 g/mol. The summed E-state index contributed by atoms with van der Waals surface area (Å²) in [6.45, 7) is 4.92. The number of rotatable bonds is 17. The summed E-state index contributed by atoms with van der Waals surface area (Å²) < 4.78 is 12.1. The molecule has 2 aromatic rings. The Balaban J connectivity index is 2.26. The maximum atomic E-state index is 14.4. The van der Waals surface area contributed by atoms with E-state index < -0.39 is 65.7 Å². The molecule has 1 aliphatic rings. The quantitative estimate of drug-likeness (QED) is 0.0885. The van der Waals surface area contributed by atoms with Gasteiger partial charge < -0.3 is 58.2 Å². The summed E-state index contributed by atoms with van der Waals surface area (Å²) in [4.78, 5) is 81.8. The molecular formula is C38H54N10O8. The van der Waals surface area contributed by atoms with Crippen LogP contribution in [0.2, 0.25) is 0 Å². The summed E-state index contributed by atoms with van der Waals surface area (Å²) in [6, 6.07) is 6.04. The van der Waals surface area contributed by atoms with Gasteiger partial charge in [-0.25, -0.2) is 0 Å². The van der Waals surface area contributed by atoms with E-state index in [1.54, 1.807) is 36.4 Å². The number of amides is 6. The van der Waals surface area contributed by atoms with Gasteiger partial charge in [0.15, 0.2) is 0 Å². The van der Waals surface area contributed by atoms with Crippen LogP contribution in [0.5, 0.6) is 11.5 Å². The number of hydrogen-bond donors (Lipinski definition) is 8. The molecule has 1 heterocycles. The number of nitriles is 1. The van der Waals surface area contributed by atoms with Crippen LogP contribution in [0, 0.1) is 11.3 Å². The molecule has 6 amide bonds. The van der Waals surface area contributed by atoms with Gasteiger partial charge in [-0.15, -0.1) is 0 Å². The summed E-state index contributed by atoms with van der Waals surface area (Å²) in [6.07, 6.45) is 0.891. The van der Waals surface area contributed by atoms with Crippen molar-refractivity contribution >= 4 is 35.4 Å². The van der Waals surface area contributed by atoms with Gasteiger partial charge in [0.2, 0.25) is 35.4 Å². The van der Waals surface area contributed by atoms with Gasteiger partial charge in [0.1, 0.15) is 61.5 Å². The molecule has 56 heavy (non-hydrogen) atoms. The lowest BCUT2D eigenvalue weighted by Gasteiger charge is -2.33. The average Bonchev–Trinajstić information content (AvgIpc) is 3.17.